The van der Waals surface area contributed by atoms with Gasteiger partial charge in [-0.05, 0) is 55.8 Å². The molecular formula is C21H21N7O. The summed E-state index contributed by atoms with van der Waals surface area (Å²) >= 11 is 0. The number of hydrogen-bond donors (Lipinski definition) is 3. The molecule has 0 radical (unpaired) electrons. The number of nitrogens with one attached hydrogen (secondary N) is 3. The Balaban J connectivity index is 1.53. The molecule has 0 aliphatic heterocycles. The predicted octanol–water partition coefficient (Wildman–Crippen LogP) is 2.95. The van der Waals surface area contributed by atoms with E-state index in [0.717, 1.165) is 5.56 Å². The van der Waals surface area contributed by atoms with Crippen LogP contribution in [0, 0.1) is 25.2 Å². The molecule has 1 aromatic carbocycles. The second-order valence-corrected chi connectivity index (χ2v) is 6.40. The minimum atomic E-state index is -0.192. The zero-order valence-electron chi connectivity index (χ0n) is 16.2. The molecule has 1 amide bonds. The second-order valence-electron chi connectivity index (χ2n) is 6.40. The topological polar surface area (TPSA) is 116 Å². The molecule has 0 fully saturated rings. The number of nitriles is 1. The van der Waals surface area contributed by atoms with Gasteiger partial charge < -0.3 is 16.0 Å². The molecule has 0 saturated heterocycles. The maximum atomic E-state index is 12.1. The van der Waals surface area contributed by atoms with Crippen LogP contribution in [0.5, 0.6) is 0 Å². The number of nitrogens with zero attached hydrogens (tertiary/aromatic N) is 4. The first-order chi connectivity index (χ1) is 14.0. The SMILES string of the molecule is Cc1ccnc(Nc2cc(NCCNC(=O)c3ccc(C#N)cc3)nc(C)n2)c1. The van der Waals surface area contributed by atoms with Crippen LogP contribution in [0.1, 0.15) is 27.3 Å². The van der Waals surface area contributed by atoms with Gasteiger partial charge in [0.2, 0.25) is 0 Å². The molecule has 2 aromatic heterocycles. The molecule has 0 spiro atoms. The number of aromatic nitrogens is 3. The summed E-state index contributed by atoms with van der Waals surface area (Å²) in [5, 5.41) is 18.0. The van der Waals surface area contributed by atoms with E-state index in [1.807, 2.05) is 32.0 Å². The number of carbonyl (C=O) groups is 1. The molecule has 146 valence electrons. The molecule has 3 N–H and O–H groups in total. The molecule has 0 atom stereocenters. The van der Waals surface area contributed by atoms with Crippen molar-refractivity contribution >= 4 is 23.4 Å². The van der Waals surface area contributed by atoms with Crippen LogP contribution in [0.15, 0.2) is 48.7 Å². The molecule has 3 rings (SSSR count). The summed E-state index contributed by atoms with van der Waals surface area (Å²) < 4.78 is 0. The number of anilines is 3. The second kappa shape index (κ2) is 9.28. The van der Waals surface area contributed by atoms with Crippen molar-refractivity contribution in [3.05, 3.63) is 71.2 Å². The van der Waals surface area contributed by atoms with E-state index < -0.39 is 0 Å². The number of pyridine rings is 1. The van der Waals surface area contributed by atoms with Crippen LogP contribution in [-0.4, -0.2) is 33.9 Å². The molecular weight excluding hydrogens is 366 g/mol. The lowest BCUT2D eigenvalue weighted by molar-refractivity contribution is 0.0955. The van der Waals surface area contributed by atoms with Gasteiger partial charge in [0, 0.05) is 30.9 Å². The van der Waals surface area contributed by atoms with Crippen LogP contribution >= 0.6 is 0 Å². The van der Waals surface area contributed by atoms with Gasteiger partial charge in [-0.2, -0.15) is 5.26 Å². The van der Waals surface area contributed by atoms with Gasteiger partial charge in [0.05, 0.1) is 11.6 Å². The summed E-state index contributed by atoms with van der Waals surface area (Å²) in [4.78, 5) is 25.1. The van der Waals surface area contributed by atoms with Crippen LogP contribution in [-0.2, 0) is 0 Å². The Bertz CT molecular complexity index is 1040. The van der Waals surface area contributed by atoms with E-state index in [0.29, 0.717) is 47.5 Å². The highest BCUT2D eigenvalue weighted by Gasteiger charge is 2.06. The molecule has 0 aliphatic rings. The van der Waals surface area contributed by atoms with Crippen LogP contribution in [0.3, 0.4) is 0 Å². The summed E-state index contributed by atoms with van der Waals surface area (Å²) in [7, 11) is 0. The molecule has 8 heteroatoms. The normalized spacial score (nSPS) is 10.1. The number of hydrogen-bond acceptors (Lipinski definition) is 7. The number of amides is 1. The van der Waals surface area contributed by atoms with Crippen molar-refractivity contribution in [3.8, 4) is 6.07 Å². The lowest BCUT2D eigenvalue weighted by Gasteiger charge is -2.11. The van der Waals surface area contributed by atoms with Gasteiger partial charge >= 0.3 is 0 Å². The van der Waals surface area contributed by atoms with E-state index in [1.54, 1.807) is 36.5 Å². The molecule has 0 saturated carbocycles. The van der Waals surface area contributed by atoms with E-state index in [9.17, 15) is 4.79 Å². The van der Waals surface area contributed by atoms with Crippen molar-refractivity contribution in [1.82, 2.24) is 20.3 Å². The predicted molar refractivity (Wildman–Crippen MR) is 111 cm³/mol. The van der Waals surface area contributed by atoms with E-state index in [4.69, 9.17) is 5.26 Å². The van der Waals surface area contributed by atoms with Gasteiger partial charge in [-0.1, -0.05) is 0 Å². The van der Waals surface area contributed by atoms with Crippen molar-refractivity contribution in [3.63, 3.8) is 0 Å². The van der Waals surface area contributed by atoms with Crippen molar-refractivity contribution < 1.29 is 4.79 Å². The zero-order chi connectivity index (χ0) is 20.6. The third kappa shape index (κ3) is 5.74. The Kier molecular flexibility index (Phi) is 6.32. The van der Waals surface area contributed by atoms with Crippen molar-refractivity contribution in [2.24, 2.45) is 0 Å². The first-order valence-corrected chi connectivity index (χ1v) is 9.11. The average Bonchev–Trinajstić information content (AvgIpc) is 2.71. The fourth-order valence-corrected chi connectivity index (χ4v) is 2.62. The van der Waals surface area contributed by atoms with Gasteiger partial charge in [-0.3, -0.25) is 4.79 Å². The standard InChI is InChI=1S/C21H21N7O/c1-14-7-8-23-18(11-14)28-20-12-19(26-15(2)27-20)24-9-10-25-21(29)17-5-3-16(13-22)4-6-17/h3-8,11-12H,9-10H2,1-2H3,(H,25,29)(H2,23,24,26,27,28). The van der Waals surface area contributed by atoms with Crippen LogP contribution < -0.4 is 16.0 Å². The lowest BCUT2D eigenvalue weighted by Crippen LogP contribution is -2.28. The van der Waals surface area contributed by atoms with Crippen LogP contribution in [0.2, 0.25) is 0 Å². The fourth-order valence-electron chi connectivity index (χ4n) is 2.62. The molecule has 0 bridgehead atoms. The number of rotatable bonds is 7. The molecule has 0 unspecified atom stereocenters. The number of benzene rings is 1. The third-order valence-electron chi connectivity index (χ3n) is 4.00. The highest BCUT2D eigenvalue weighted by Crippen LogP contribution is 2.16. The number of carbonyl (C=O) groups excluding carboxylic acids is 1. The molecule has 29 heavy (non-hydrogen) atoms. The molecule has 8 nitrogen and oxygen atoms in total. The van der Waals surface area contributed by atoms with Gasteiger partial charge in [0.1, 0.15) is 23.3 Å². The Hall–Kier alpha value is -3.99. The first-order valence-electron chi connectivity index (χ1n) is 9.11. The zero-order valence-corrected chi connectivity index (χ0v) is 16.2. The summed E-state index contributed by atoms with van der Waals surface area (Å²) in [6.45, 7) is 4.73. The minimum absolute atomic E-state index is 0.192. The molecule has 0 aliphatic carbocycles. The summed E-state index contributed by atoms with van der Waals surface area (Å²) in [6.07, 6.45) is 1.74. The third-order valence-corrected chi connectivity index (χ3v) is 4.00. The molecule has 2 heterocycles. The minimum Gasteiger partial charge on any atom is -0.368 e. The monoisotopic (exact) mass is 387 g/mol. The Morgan fingerprint density at radius 2 is 1.76 bits per heavy atom. The summed E-state index contributed by atoms with van der Waals surface area (Å²) in [5.74, 6) is 2.43. The Labute approximate surface area is 169 Å². The van der Waals surface area contributed by atoms with Crippen molar-refractivity contribution in [2.45, 2.75) is 13.8 Å². The average molecular weight is 387 g/mol. The largest absolute Gasteiger partial charge is 0.368 e. The quantitative estimate of drug-likeness (QED) is 0.534. The van der Waals surface area contributed by atoms with E-state index >= 15 is 0 Å². The highest BCUT2D eigenvalue weighted by atomic mass is 16.1. The summed E-state index contributed by atoms with van der Waals surface area (Å²) in [5.41, 5.74) is 2.14. The van der Waals surface area contributed by atoms with Gasteiger partial charge in [0.15, 0.2) is 0 Å². The Morgan fingerprint density at radius 1 is 1.00 bits per heavy atom. The first kappa shape index (κ1) is 19.8. The Morgan fingerprint density at radius 3 is 2.48 bits per heavy atom. The summed E-state index contributed by atoms with van der Waals surface area (Å²) in [6, 6.07) is 14.2. The fraction of sp³-hybridized carbons (Fsp3) is 0.190. The van der Waals surface area contributed by atoms with Crippen LogP contribution in [0.4, 0.5) is 17.5 Å². The van der Waals surface area contributed by atoms with Crippen LogP contribution in [0.25, 0.3) is 0 Å². The van der Waals surface area contributed by atoms with Crippen molar-refractivity contribution in [1.29, 1.82) is 5.26 Å². The maximum Gasteiger partial charge on any atom is 0.251 e. The van der Waals surface area contributed by atoms with Crippen molar-refractivity contribution in [2.75, 3.05) is 23.7 Å². The smallest absolute Gasteiger partial charge is 0.251 e. The lowest BCUT2D eigenvalue weighted by atomic mass is 10.1. The van der Waals surface area contributed by atoms with E-state index in [-0.39, 0.29) is 5.91 Å². The highest BCUT2D eigenvalue weighted by molar-refractivity contribution is 5.94. The molecule has 3 aromatic rings. The van der Waals surface area contributed by atoms with Gasteiger partial charge in [0.25, 0.3) is 5.91 Å². The van der Waals surface area contributed by atoms with Gasteiger partial charge in [-0.15, -0.1) is 0 Å². The van der Waals surface area contributed by atoms with E-state index in [2.05, 4.69) is 30.9 Å². The van der Waals surface area contributed by atoms with Gasteiger partial charge in [-0.25, -0.2) is 15.0 Å². The number of aryl methyl sites for hydroxylation is 2. The maximum absolute atomic E-state index is 12.1. The van der Waals surface area contributed by atoms with E-state index in [1.165, 1.54) is 0 Å².